The highest BCUT2D eigenvalue weighted by Crippen LogP contribution is 2.22. The van der Waals surface area contributed by atoms with E-state index in [0.717, 1.165) is 36.5 Å². The van der Waals surface area contributed by atoms with Gasteiger partial charge in [-0.3, -0.25) is 10.1 Å². The summed E-state index contributed by atoms with van der Waals surface area (Å²) in [5.74, 6) is -0.0269. The van der Waals surface area contributed by atoms with Crippen LogP contribution in [0.2, 0.25) is 0 Å². The van der Waals surface area contributed by atoms with E-state index in [-0.39, 0.29) is 17.9 Å². The predicted molar refractivity (Wildman–Crippen MR) is 106 cm³/mol. The first-order valence-electron chi connectivity index (χ1n) is 9.26. The molecule has 0 bridgehead atoms. The summed E-state index contributed by atoms with van der Waals surface area (Å²) >= 11 is 1.36. The van der Waals surface area contributed by atoms with Crippen molar-refractivity contribution in [1.82, 2.24) is 20.4 Å². The molecule has 2 aromatic rings. The van der Waals surface area contributed by atoms with E-state index in [1.54, 1.807) is 4.90 Å². The standard InChI is InChI=1S/C19H25N5O2S/c1-13(2)17-22-23-18(27-17)21-16(25)15(12-14-8-4-3-5-9-14)20-19(26)24-10-6-7-11-24/h3-5,8-9,13,15H,6-7,10-12H2,1-2H3,(H,20,26)(H,21,23,25)/t15-/m0/s1. The summed E-state index contributed by atoms with van der Waals surface area (Å²) in [5.41, 5.74) is 0.986. The van der Waals surface area contributed by atoms with Gasteiger partial charge in [0.15, 0.2) is 0 Å². The van der Waals surface area contributed by atoms with E-state index in [1.807, 2.05) is 44.2 Å². The summed E-state index contributed by atoms with van der Waals surface area (Å²) in [4.78, 5) is 27.1. The van der Waals surface area contributed by atoms with Gasteiger partial charge in [-0.1, -0.05) is 55.5 Å². The zero-order valence-electron chi connectivity index (χ0n) is 15.6. The number of nitrogens with zero attached hydrogens (tertiary/aromatic N) is 3. The first kappa shape index (κ1) is 19.3. The van der Waals surface area contributed by atoms with Crippen LogP contribution in [0.5, 0.6) is 0 Å². The maximum atomic E-state index is 12.8. The molecule has 144 valence electrons. The Bertz CT molecular complexity index is 771. The van der Waals surface area contributed by atoms with Crippen LogP contribution in [0.4, 0.5) is 9.93 Å². The molecule has 0 aliphatic carbocycles. The first-order chi connectivity index (χ1) is 13.0. The number of hydrogen-bond donors (Lipinski definition) is 2. The molecule has 3 rings (SSSR count). The summed E-state index contributed by atoms with van der Waals surface area (Å²) in [5, 5.41) is 15.1. The topological polar surface area (TPSA) is 87.2 Å². The lowest BCUT2D eigenvalue weighted by Gasteiger charge is -2.22. The monoisotopic (exact) mass is 387 g/mol. The fraction of sp³-hybridized carbons (Fsp3) is 0.474. The van der Waals surface area contributed by atoms with Crippen LogP contribution < -0.4 is 10.6 Å². The van der Waals surface area contributed by atoms with Crippen LogP contribution in [0, 0.1) is 0 Å². The van der Waals surface area contributed by atoms with Gasteiger partial charge in [0.05, 0.1) is 0 Å². The minimum atomic E-state index is -0.674. The largest absolute Gasteiger partial charge is 0.326 e. The average Bonchev–Trinajstić information content (AvgIpc) is 3.34. The Balaban J connectivity index is 1.70. The van der Waals surface area contributed by atoms with Gasteiger partial charge in [0, 0.05) is 25.4 Å². The van der Waals surface area contributed by atoms with E-state index in [2.05, 4.69) is 20.8 Å². The SMILES string of the molecule is CC(C)c1nnc(NC(=O)[C@H](Cc2ccccc2)NC(=O)N2CCCC2)s1. The second-order valence-corrected chi connectivity index (χ2v) is 7.98. The summed E-state index contributed by atoms with van der Waals surface area (Å²) < 4.78 is 0. The molecule has 8 heteroatoms. The minimum absolute atomic E-state index is 0.191. The highest BCUT2D eigenvalue weighted by molar-refractivity contribution is 7.15. The van der Waals surface area contributed by atoms with Crippen molar-refractivity contribution in [1.29, 1.82) is 0 Å². The van der Waals surface area contributed by atoms with Crippen molar-refractivity contribution in [3.8, 4) is 0 Å². The van der Waals surface area contributed by atoms with Crippen LogP contribution in [0.3, 0.4) is 0 Å². The van der Waals surface area contributed by atoms with Gasteiger partial charge in [-0.05, 0) is 18.4 Å². The number of benzene rings is 1. The van der Waals surface area contributed by atoms with Crippen molar-refractivity contribution in [2.45, 2.75) is 45.1 Å². The third kappa shape index (κ3) is 5.26. The van der Waals surface area contributed by atoms with Crippen LogP contribution in [-0.4, -0.2) is 46.2 Å². The highest BCUT2D eigenvalue weighted by Gasteiger charge is 2.26. The minimum Gasteiger partial charge on any atom is -0.326 e. The molecule has 1 atom stereocenters. The number of nitrogens with one attached hydrogen (secondary N) is 2. The molecule has 0 unspecified atom stereocenters. The zero-order chi connectivity index (χ0) is 19.2. The molecule has 1 saturated heterocycles. The fourth-order valence-electron chi connectivity index (χ4n) is 2.93. The highest BCUT2D eigenvalue weighted by atomic mass is 32.1. The number of rotatable bonds is 6. The Labute approximate surface area is 163 Å². The molecular formula is C19H25N5O2S. The van der Waals surface area contributed by atoms with Crippen molar-refractivity contribution >= 4 is 28.4 Å². The predicted octanol–water partition coefficient (Wildman–Crippen LogP) is 3.02. The van der Waals surface area contributed by atoms with Crippen LogP contribution in [-0.2, 0) is 11.2 Å². The summed E-state index contributed by atoms with van der Waals surface area (Å²) in [6.07, 6.45) is 2.43. The molecule has 0 saturated carbocycles. The molecule has 0 spiro atoms. The Hall–Kier alpha value is -2.48. The summed E-state index contributed by atoms with van der Waals surface area (Å²) in [6.45, 7) is 5.53. The number of likely N-dealkylation sites (tertiary alicyclic amines) is 1. The third-order valence-corrected chi connectivity index (χ3v) is 5.59. The zero-order valence-corrected chi connectivity index (χ0v) is 16.5. The Morgan fingerprint density at radius 3 is 2.48 bits per heavy atom. The van der Waals surface area contributed by atoms with Crippen LogP contribution in [0.25, 0.3) is 0 Å². The quantitative estimate of drug-likeness (QED) is 0.798. The van der Waals surface area contributed by atoms with Crippen LogP contribution >= 0.6 is 11.3 Å². The third-order valence-electron chi connectivity index (χ3n) is 4.45. The second kappa shape index (κ2) is 8.94. The van der Waals surface area contributed by atoms with Gasteiger partial charge in [0.25, 0.3) is 0 Å². The van der Waals surface area contributed by atoms with E-state index in [0.29, 0.717) is 11.6 Å². The number of hydrogen-bond acceptors (Lipinski definition) is 5. The van der Waals surface area contributed by atoms with E-state index in [4.69, 9.17) is 0 Å². The second-order valence-electron chi connectivity index (χ2n) is 6.98. The van der Waals surface area contributed by atoms with Gasteiger partial charge >= 0.3 is 6.03 Å². The smallest absolute Gasteiger partial charge is 0.318 e. The van der Waals surface area contributed by atoms with E-state index >= 15 is 0 Å². The molecule has 0 radical (unpaired) electrons. The van der Waals surface area contributed by atoms with Crippen molar-refractivity contribution in [3.63, 3.8) is 0 Å². The van der Waals surface area contributed by atoms with Gasteiger partial charge in [0.2, 0.25) is 11.0 Å². The van der Waals surface area contributed by atoms with Crippen molar-refractivity contribution in [3.05, 3.63) is 40.9 Å². The molecule has 1 aliphatic rings. The number of carbonyl (C=O) groups is 2. The van der Waals surface area contributed by atoms with Crippen LogP contribution in [0.1, 0.15) is 43.2 Å². The molecule has 1 aromatic carbocycles. The molecule has 1 fully saturated rings. The lowest BCUT2D eigenvalue weighted by atomic mass is 10.1. The van der Waals surface area contributed by atoms with Gasteiger partial charge in [-0.15, -0.1) is 10.2 Å². The van der Waals surface area contributed by atoms with Gasteiger partial charge in [-0.25, -0.2) is 4.79 Å². The van der Waals surface area contributed by atoms with Crippen molar-refractivity contribution in [2.24, 2.45) is 0 Å². The maximum absolute atomic E-state index is 12.8. The Morgan fingerprint density at radius 2 is 1.85 bits per heavy atom. The molecule has 1 aromatic heterocycles. The number of amides is 3. The number of aromatic nitrogens is 2. The molecule has 2 heterocycles. The Morgan fingerprint density at radius 1 is 1.15 bits per heavy atom. The maximum Gasteiger partial charge on any atom is 0.318 e. The van der Waals surface area contributed by atoms with Crippen molar-refractivity contribution < 1.29 is 9.59 Å². The summed E-state index contributed by atoms with van der Waals surface area (Å²) in [7, 11) is 0. The average molecular weight is 388 g/mol. The van der Waals surface area contributed by atoms with E-state index < -0.39 is 6.04 Å². The Kier molecular flexibility index (Phi) is 6.39. The first-order valence-corrected chi connectivity index (χ1v) is 10.1. The van der Waals surface area contributed by atoms with Crippen molar-refractivity contribution in [2.75, 3.05) is 18.4 Å². The normalized spacial score (nSPS) is 15.0. The fourth-order valence-corrected chi connectivity index (χ4v) is 3.68. The van der Waals surface area contributed by atoms with E-state index in [1.165, 1.54) is 11.3 Å². The van der Waals surface area contributed by atoms with Gasteiger partial charge in [-0.2, -0.15) is 0 Å². The molecule has 2 N–H and O–H groups in total. The van der Waals surface area contributed by atoms with Crippen LogP contribution in [0.15, 0.2) is 30.3 Å². The number of carbonyl (C=O) groups excluding carboxylic acids is 2. The lowest BCUT2D eigenvalue weighted by Crippen LogP contribution is -2.49. The number of urea groups is 1. The van der Waals surface area contributed by atoms with E-state index in [9.17, 15) is 9.59 Å². The number of anilines is 1. The molecule has 7 nitrogen and oxygen atoms in total. The molecule has 1 aliphatic heterocycles. The molecular weight excluding hydrogens is 362 g/mol. The van der Waals surface area contributed by atoms with Gasteiger partial charge < -0.3 is 10.2 Å². The molecule has 3 amide bonds. The lowest BCUT2D eigenvalue weighted by molar-refractivity contribution is -0.118. The summed E-state index contributed by atoms with van der Waals surface area (Å²) in [6, 6.07) is 8.80. The van der Waals surface area contributed by atoms with Gasteiger partial charge in [0.1, 0.15) is 11.0 Å². The molecule has 27 heavy (non-hydrogen) atoms.